The van der Waals surface area contributed by atoms with E-state index in [-0.39, 0.29) is 22.3 Å². The lowest BCUT2D eigenvalue weighted by atomic mass is 10.1. The van der Waals surface area contributed by atoms with Crippen molar-refractivity contribution in [2.75, 3.05) is 0 Å². The zero-order valence-corrected chi connectivity index (χ0v) is 16.4. The topological polar surface area (TPSA) is 86.7 Å². The molecule has 0 aliphatic heterocycles. The third-order valence-corrected chi connectivity index (χ3v) is 4.25. The SMILES string of the molecule is Cc1cccc(C(=O)OC(=O)c2ccccc2C(=O)OC(=O)c2cccc(C)c2)c1. The van der Waals surface area contributed by atoms with Gasteiger partial charge in [-0.15, -0.1) is 0 Å². The molecule has 0 aliphatic carbocycles. The smallest absolute Gasteiger partial charge is 0.346 e. The van der Waals surface area contributed by atoms with Gasteiger partial charge in [0.15, 0.2) is 0 Å². The largest absolute Gasteiger partial charge is 0.386 e. The minimum absolute atomic E-state index is 0.180. The van der Waals surface area contributed by atoms with Gasteiger partial charge in [0.2, 0.25) is 0 Å². The third kappa shape index (κ3) is 4.86. The molecule has 6 nitrogen and oxygen atoms in total. The zero-order valence-electron chi connectivity index (χ0n) is 16.4. The van der Waals surface area contributed by atoms with Gasteiger partial charge in [0.05, 0.1) is 22.3 Å². The minimum Gasteiger partial charge on any atom is -0.386 e. The third-order valence-electron chi connectivity index (χ3n) is 4.25. The number of ether oxygens (including phenoxy) is 2. The molecule has 0 aromatic heterocycles. The molecule has 0 heterocycles. The highest BCUT2D eigenvalue weighted by atomic mass is 16.6. The molecule has 0 spiro atoms. The molecule has 0 fully saturated rings. The summed E-state index contributed by atoms with van der Waals surface area (Å²) >= 11 is 0. The summed E-state index contributed by atoms with van der Waals surface area (Å²) in [6, 6.07) is 18.8. The fourth-order valence-electron chi connectivity index (χ4n) is 2.78. The molecule has 3 rings (SSSR count). The number of carbonyl (C=O) groups is 4. The molecule has 3 aromatic rings. The van der Waals surface area contributed by atoms with Crippen LogP contribution in [0.25, 0.3) is 0 Å². The first-order chi connectivity index (χ1) is 14.3. The van der Waals surface area contributed by atoms with E-state index in [4.69, 9.17) is 9.47 Å². The van der Waals surface area contributed by atoms with Gasteiger partial charge in [-0.25, -0.2) is 19.2 Å². The van der Waals surface area contributed by atoms with E-state index < -0.39 is 23.9 Å². The average Bonchev–Trinajstić information content (AvgIpc) is 2.73. The Morgan fingerprint density at radius 2 is 0.933 bits per heavy atom. The molecule has 0 saturated carbocycles. The Kier molecular flexibility index (Phi) is 6.17. The van der Waals surface area contributed by atoms with Crippen molar-refractivity contribution in [2.45, 2.75) is 13.8 Å². The van der Waals surface area contributed by atoms with Crippen LogP contribution in [-0.2, 0) is 9.47 Å². The fourth-order valence-corrected chi connectivity index (χ4v) is 2.78. The molecule has 0 radical (unpaired) electrons. The van der Waals surface area contributed by atoms with Gasteiger partial charge >= 0.3 is 23.9 Å². The van der Waals surface area contributed by atoms with Crippen molar-refractivity contribution < 1.29 is 28.7 Å². The van der Waals surface area contributed by atoms with E-state index in [1.54, 1.807) is 50.2 Å². The molecule has 150 valence electrons. The van der Waals surface area contributed by atoms with Gasteiger partial charge in [-0.1, -0.05) is 47.5 Å². The summed E-state index contributed by atoms with van der Waals surface area (Å²) in [6.45, 7) is 3.60. The molecule has 30 heavy (non-hydrogen) atoms. The lowest BCUT2D eigenvalue weighted by Gasteiger charge is -2.09. The van der Waals surface area contributed by atoms with E-state index >= 15 is 0 Å². The molecular formula is C24H18O6. The van der Waals surface area contributed by atoms with E-state index in [1.165, 1.54) is 36.4 Å². The molecule has 0 saturated heterocycles. The first-order valence-electron chi connectivity index (χ1n) is 9.10. The number of rotatable bonds is 4. The maximum atomic E-state index is 12.5. The summed E-state index contributed by atoms with van der Waals surface area (Å²) in [5.74, 6) is -3.72. The molecule has 0 amide bonds. The van der Waals surface area contributed by atoms with Crippen LogP contribution in [0.1, 0.15) is 52.6 Å². The maximum Gasteiger partial charge on any atom is 0.346 e. The molecule has 0 aliphatic rings. The number of benzene rings is 3. The van der Waals surface area contributed by atoms with Crippen LogP contribution in [0.5, 0.6) is 0 Å². The summed E-state index contributed by atoms with van der Waals surface area (Å²) in [6.07, 6.45) is 0. The molecule has 6 heteroatoms. The van der Waals surface area contributed by atoms with Crippen molar-refractivity contribution in [1.29, 1.82) is 0 Å². The van der Waals surface area contributed by atoms with E-state index in [1.807, 2.05) is 0 Å². The number of carbonyl (C=O) groups excluding carboxylic acids is 4. The Balaban J connectivity index is 1.78. The monoisotopic (exact) mass is 402 g/mol. The van der Waals surface area contributed by atoms with Crippen molar-refractivity contribution in [3.63, 3.8) is 0 Å². The Morgan fingerprint density at radius 1 is 0.533 bits per heavy atom. The van der Waals surface area contributed by atoms with Crippen LogP contribution in [0, 0.1) is 13.8 Å². The van der Waals surface area contributed by atoms with Crippen molar-refractivity contribution >= 4 is 23.9 Å². The number of aryl methyl sites for hydroxylation is 2. The second kappa shape index (κ2) is 8.96. The van der Waals surface area contributed by atoms with Crippen LogP contribution >= 0.6 is 0 Å². The van der Waals surface area contributed by atoms with Gasteiger partial charge in [0, 0.05) is 0 Å². The average molecular weight is 402 g/mol. The summed E-state index contributed by atoms with van der Waals surface area (Å²) in [5.41, 5.74) is 1.71. The first kappa shape index (κ1) is 20.7. The molecule has 3 aromatic carbocycles. The molecule has 0 bridgehead atoms. The van der Waals surface area contributed by atoms with Crippen LogP contribution in [0.4, 0.5) is 0 Å². The van der Waals surface area contributed by atoms with E-state index in [0.717, 1.165) is 11.1 Å². The van der Waals surface area contributed by atoms with Crippen molar-refractivity contribution in [1.82, 2.24) is 0 Å². The van der Waals surface area contributed by atoms with Crippen LogP contribution < -0.4 is 0 Å². The summed E-state index contributed by atoms with van der Waals surface area (Å²) in [5, 5.41) is 0. The van der Waals surface area contributed by atoms with Gasteiger partial charge in [0.1, 0.15) is 0 Å². The van der Waals surface area contributed by atoms with E-state index in [0.29, 0.717) is 0 Å². The molecular weight excluding hydrogens is 384 g/mol. The Hall–Kier alpha value is -4.06. The molecule has 0 unspecified atom stereocenters. The Labute approximate surface area is 173 Å². The predicted octanol–water partition coefficient (Wildman–Crippen LogP) is 4.30. The number of hydrogen-bond acceptors (Lipinski definition) is 6. The second-order valence-corrected chi connectivity index (χ2v) is 6.64. The van der Waals surface area contributed by atoms with Crippen molar-refractivity contribution in [3.05, 3.63) is 106 Å². The van der Waals surface area contributed by atoms with Gasteiger partial charge in [0.25, 0.3) is 0 Å². The summed E-state index contributed by atoms with van der Waals surface area (Å²) in [4.78, 5) is 49.5. The highest BCUT2D eigenvalue weighted by Crippen LogP contribution is 2.15. The van der Waals surface area contributed by atoms with E-state index in [9.17, 15) is 19.2 Å². The van der Waals surface area contributed by atoms with Gasteiger partial charge in [-0.3, -0.25) is 0 Å². The quantitative estimate of drug-likeness (QED) is 0.478. The van der Waals surface area contributed by atoms with Crippen LogP contribution in [0.15, 0.2) is 72.8 Å². The highest BCUT2D eigenvalue weighted by Gasteiger charge is 2.24. The van der Waals surface area contributed by atoms with Crippen LogP contribution in [-0.4, -0.2) is 23.9 Å². The normalized spacial score (nSPS) is 10.2. The first-order valence-corrected chi connectivity index (χ1v) is 9.10. The maximum absolute atomic E-state index is 12.5. The lowest BCUT2D eigenvalue weighted by Crippen LogP contribution is -2.19. The Bertz CT molecular complexity index is 1060. The van der Waals surface area contributed by atoms with E-state index in [2.05, 4.69) is 0 Å². The predicted molar refractivity (Wildman–Crippen MR) is 108 cm³/mol. The summed E-state index contributed by atoms with van der Waals surface area (Å²) < 4.78 is 9.81. The highest BCUT2D eigenvalue weighted by molar-refractivity contribution is 6.10. The van der Waals surface area contributed by atoms with Crippen molar-refractivity contribution in [2.24, 2.45) is 0 Å². The lowest BCUT2D eigenvalue weighted by molar-refractivity contribution is 0.0356. The molecule has 0 N–H and O–H groups in total. The van der Waals surface area contributed by atoms with Gasteiger partial charge < -0.3 is 9.47 Å². The fraction of sp³-hybridized carbons (Fsp3) is 0.0833. The minimum atomic E-state index is -1.02. The van der Waals surface area contributed by atoms with Crippen molar-refractivity contribution in [3.8, 4) is 0 Å². The van der Waals surface area contributed by atoms with Gasteiger partial charge in [-0.2, -0.15) is 0 Å². The summed E-state index contributed by atoms with van der Waals surface area (Å²) in [7, 11) is 0. The zero-order chi connectivity index (χ0) is 21.7. The van der Waals surface area contributed by atoms with Crippen LogP contribution in [0.2, 0.25) is 0 Å². The van der Waals surface area contributed by atoms with Crippen LogP contribution in [0.3, 0.4) is 0 Å². The Morgan fingerprint density at radius 3 is 1.30 bits per heavy atom. The molecule has 0 atom stereocenters. The number of esters is 4. The number of hydrogen-bond donors (Lipinski definition) is 0. The standard InChI is InChI=1S/C24H18O6/c1-15-7-5-9-17(13-15)21(25)29-23(27)19-11-3-4-12-20(19)24(28)30-22(26)18-10-6-8-16(2)14-18/h3-14H,1-2H3. The van der Waals surface area contributed by atoms with Gasteiger partial charge in [-0.05, 0) is 50.2 Å². The second-order valence-electron chi connectivity index (χ2n) is 6.64.